The van der Waals surface area contributed by atoms with Gasteiger partial charge in [-0.25, -0.2) is 9.59 Å². The van der Waals surface area contributed by atoms with Crippen LogP contribution in [0.4, 0.5) is 16.2 Å². The average Bonchev–Trinajstić information content (AvgIpc) is 3.55. The number of amides is 2. The monoisotopic (exact) mass is 728 g/mol. The second-order valence-electron chi connectivity index (χ2n) is 13.9. The molecule has 14 nitrogen and oxygen atoms in total. The number of hydrogen-bond donors (Lipinski definition) is 0. The van der Waals surface area contributed by atoms with Crippen LogP contribution in [-0.2, 0) is 36.7 Å². The summed E-state index contributed by atoms with van der Waals surface area (Å²) in [6.07, 6.45) is 0.545. The number of hydrogen-bond acceptors (Lipinski definition) is 11. The Balaban J connectivity index is 1.35. The zero-order valence-electron chi connectivity index (χ0n) is 29.0. The summed E-state index contributed by atoms with van der Waals surface area (Å²) in [4.78, 5) is 63.1. The first-order valence-electron chi connectivity index (χ1n) is 16.4. The van der Waals surface area contributed by atoms with Crippen LogP contribution in [0.3, 0.4) is 0 Å². The van der Waals surface area contributed by atoms with Gasteiger partial charge in [-0.05, 0) is 66.4 Å². The molecule has 3 atom stereocenters. The Bertz CT molecular complexity index is 1590. The van der Waals surface area contributed by atoms with Crippen LogP contribution in [0, 0.1) is 26.1 Å². The van der Waals surface area contributed by atoms with Gasteiger partial charge in [0, 0.05) is 55.8 Å². The van der Waals surface area contributed by atoms with Gasteiger partial charge in [0.05, 0.1) is 39.9 Å². The van der Waals surface area contributed by atoms with E-state index in [1.165, 1.54) is 48.2 Å². The van der Waals surface area contributed by atoms with E-state index in [4.69, 9.17) is 13.9 Å². The molecule has 2 amide bonds. The molecule has 16 heteroatoms. The van der Waals surface area contributed by atoms with Gasteiger partial charge in [-0.15, -0.1) is 11.8 Å². The van der Waals surface area contributed by atoms with Crippen LogP contribution < -0.4 is 0 Å². The maximum Gasteiger partial charge on any atom is 0.410 e. The van der Waals surface area contributed by atoms with Crippen LogP contribution in [0.5, 0.6) is 0 Å². The van der Waals surface area contributed by atoms with E-state index in [0.717, 1.165) is 5.56 Å². The van der Waals surface area contributed by atoms with Crippen molar-refractivity contribution in [2.45, 2.75) is 76.3 Å². The largest absolute Gasteiger partial charge is 0.445 e. The van der Waals surface area contributed by atoms with Crippen molar-refractivity contribution in [2.24, 2.45) is 5.92 Å². The Morgan fingerprint density at radius 1 is 0.980 bits per heavy atom. The van der Waals surface area contributed by atoms with E-state index < -0.39 is 36.2 Å². The van der Waals surface area contributed by atoms with Gasteiger partial charge in [0.2, 0.25) is 5.91 Å². The molecule has 1 unspecified atom stereocenters. The van der Waals surface area contributed by atoms with E-state index in [1.54, 1.807) is 21.9 Å². The van der Waals surface area contributed by atoms with Crippen molar-refractivity contribution in [2.75, 3.05) is 32.8 Å². The minimum Gasteiger partial charge on any atom is -0.445 e. The first-order valence-corrected chi connectivity index (χ1v) is 20.2. The lowest BCUT2D eigenvalue weighted by molar-refractivity contribution is -0.385. The Labute approximate surface area is 296 Å². The quantitative estimate of drug-likeness (QED) is 0.0487. The molecule has 0 bridgehead atoms. The fourth-order valence-electron chi connectivity index (χ4n) is 5.47. The topological polar surface area (TPSA) is 172 Å². The van der Waals surface area contributed by atoms with E-state index in [-0.39, 0.29) is 53.9 Å². The minimum absolute atomic E-state index is 0.00410. The number of carbonyl (C=O) groups is 2. The molecule has 4 rings (SSSR count). The number of carbonyl (C=O) groups excluding carboxylic acids is 3. The van der Waals surface area contributed by atoms with Crippen molar-refractivity contribution >= 4 is 49.4 Å². The van der Waals surface area contributed by atoms with Crippen LogP contribution in [0.25, 0.3) is 0 Å². The maximum atomic E-state index is 13.4. The van der Waals surface area contributed by atoms with Gasteiger partial charge in [-0.3, -0.25) is 25.0 Å². The highest BCUT2D eigenvalue weighted by molar-refractivity contribution is 8.04. The molecule has 0 aliphatic carbocycles. The van der Waals surface area contributed by atoms with Gasteiger partial charge < -0.3 is 23.7 Å². The number of likely N-dealkylation sites (tertiary alicyclic amines) is 2. The smallest absolute Gasteiger partial charge is 0.410 e. The van der Waals surface area contributed by atoms with E-state index in [1.807, 2.05) is 0 Å². The normalized spacial score (nSPS) is 19.1. The highest BCUT2D eigenvalue weighted by Gasteiger charge is 2.50. The van der Waals surface area contributed by atoms with Gasteiger partial charge in [0.1, 0.15) is 12.5 Å². The van der Waals surface area contributed by atoms with Crippen LogP contribution in [0.15, 0.2) is 53.4 Å². The summed E-state index contributed by atoms with van der Waals surface area (Å²) < 4.78 is 17.6. The Kier molecular flexibility index (Phi) is 13.0. The Morgan fingerprint density at radius 3 is 2.10 bits per heavy atom. The number of nitro benzene ring substituents is 2. The SMILES string of the molecule is CC(C)(C)[Si](C)(C)OCC[C@H]1C(=O)N(CCOCc2ccc([N+](=O)[O-])cc2)C1C(=C=O)S[C@H]1CCN(C(=O)OCc2ccc([N+](=O)[O-])cc2)C1. The molecule has 0 spiro atoms. The summed E-state index contributed by atoms with van der Waals surface area (Å²) in [7, 11) is -2.06. The highest BCUT2D eigenvalue weighted by Crippen LogP contribution is 2.42. The van der Waals surface area contributed by atoms with Crippen molar-refractivity contribution in [1.29, 1.82) is 0 Å². The molecular formula is C34H44N4O10SSi. The first-order chi connectivity index (χ1) is 23.6. The molecule has 2 aliphatic heterocycles. The number of nitrogens with zero attached hydrogens (tertiary/aromatic N) is 4. The van der Waals surface area contributed by atoms with Crippen molar-refractivity contribution < 1.29 is 38.1 Å². The third-order valence-electron chi connectivity index (χ3n) is 9.48. The van der Waals surface area contributed by atoms with E-state index in [2.05, 4.69) is 39.8 Å². The lowest BCUT2D eigenvalue weighted by Gasteiger charge is -2.48. The zero-order chi connectivity index (χ0) is 36.6. The molecule has 2 fully saturated rings. The van der Waals surface area contributed by atoms with Gasteiger partial charge in [-0.2, -0.15) is 0 Å². The second kappa shape index (κ2) is 16.7. The number of benzene rings is 2. The molecular weight excluding hydrogens is 685 g/mol. The average molecular weight is 729 g/mol. The van der Waals surface area contributed by atoms with Crippen molar-refractivity contribution in [3.63, 3.8) is 0 Å². The summed E-state index contributed by atoms with van der Waals surface area (Å²) in [6, 6.07) is 11.3. The third-order valence-corrected chi connectivity index (χ3v) is 15.3. The van der Waals surface area contributed by atoms with Crippen LogP contribution in [-0.4, -0.2) is 90.0 Å². The second-order valence-corrected chi connectivity index (χ2v) is 20.0. The number of nitro groups is 2. The molecule has 2 aromatic rings. The molecule has 2 aliphatic rings. The lowest BCUT2D eigenvalue weighted by atomic mass is 9.84. The van der Waals surface area contributed by atoms with Crippen LogP contribution in [0.1, 0.15) is 44.7 Å². The summed E-state index contributed by atoms with van der Waals surface area (Å²) in [5.74, 6) is 1.55. The third kappa shape index (κ3) is 9.79. The predicted molar refractivity (Wildman–Crippen MR) is 190 cm³/mol. The van der Waals surface area contributed by atoms with E-state index >= 15 is 0 Å². The Morgan fingerprint density at radius 2 is 1.56 bits per heavy atom. The molecule has 0 N–H and O–H groups in total. The minimum atomic E-state index is -2.06. The van der Waals surface area contributed by atoms with Crippen LogP contribution in [0.2, 0.25) is 18.1 Å². The fourth-order valence-corrected chi connectivity index (χ4v) is 7.85. The molecule has 0 saturated carbocycles. The molecule has 2 aromatic carbocycles. The van der Waals surface area contributed by atoms with Crippen LogP contribution >= 0.6 is 11.8 Å². The van der Waals surface area contributed by atoms with Crippen molar-refractivity contribution in [3.8, 4) is 0 Å². The molecule has 50 heavy (non-hydrogen) atoms. The van der Waals surface area contributed by atoms with Gasteiger partial charge in [0.25, 0.3) is 11.4 Å². The van der Waals surface area contributed by atoms with Gasteiger partial charge in [0.15, 0.2) is 8.32 Å². The molecule has 270 valence electrons. The highest BCUT2D eigenvalue weighted by atomic mass is 32.2. The number of non-ortho nitro benzene ring substituents is 2. The Hall–Kier alpha value is -4.08. The standard InChI is InChI=1S/C34H44N4O10SSi/c1-34(2,3)50(4,5)48-18-15-29-31(36(32(29)40)17-19-46-22-24-6-10-26(11-7-24)37(42)43)30(21-39)49-28-14-16-35(20-28)33(41)47-23-25-8-12-27(13-9-25)38(44)45/h6-13,28-29,31H,14-20,22-23H2,1-5H3/t28-,29+,31?/m0/s1. The maximum absolute atomic E-state index is 13.4. The van der Waals surface area contributed by atoms with Crippen molar-refractivity contribution in [1.82, 2.24) is 9.80 Å². The zero-order valence-corrected chi connectivity index (χ0v) is 30.8. The number of thioether (sulfide) groups is 1. The number of ether oxygens (including phenoxy) is 2. The predicted octanol–water partition coefficient (Wildman–Crippen LogP) is 6.12. The number of rotatable bonds is 16. The summed E-state index contributed by atoms with van der Waals surface area (Å²) in [5, 5.41) is 21.7. The molecule has 2 saturated heterocycles. The first kappa shape index (κ1) is 38.7. The summed E-state index contributed by atoms with van der Waals surface area (Å²) in [5.41, 5.74) is 1.31. The molecule has 0 aromatic heterocycles. The van der Waals surface area contributed by atoms with E-state index in [0.29, 0.717) is 43.0 Å². The number of β-lactam (4-membered cyclic amide) rings is 1. The summed E-state index contributed by atoms with van der Waals surface area (Å²) in [6.45, 7) is 12.5. The van der Waals surface area contributed by atoms with Gasteiger partial charge >= 0.3 is 6.09 Å². The molecule has 2 heterocycles. The van der Waals surface area contributed by atoms with Gasteiger partial charge in [-0.1, -0.05) is 20.8 Å². The molecule has 0 radical (unpaired) electrons. The fraction of sp³-hybridized carbons (Fsp3) is 0.529. The lowest BCUT2D eigenvalue weighted by Crippen LogP contribution is -2.62. The van der Waals surface area contributed by atoms with Crippen molar-refractivity contribution in [3.05, 3.63) is 84.8 Å². The van der Waals surface area contributed by atoms with E-state index in [9.17, 15) is 34.6 Å². The summed E-state index contributed by atoms with van der Waals surface area (Å²) >= 11 is 1.33.